The van der Waals surface area contributed by atoms with Gasteiger partial charge in [0.1, 0.15) is 0 Å². The third-order valence-electron chi connectivity index (χ3n) is 3.19. The van der Waals surface area contributed by atoms with E-state index in [2.05, 4.69) is 27.6 Å². The minimum absolute atomic E-state index is 0.662. The lowest BCUT2D eigenvalue weighted by Gasteiger charge is -2.27. The van der Waals surface area contributed by atoms with Crippen molar-refractivity contribution in [2.45, 2.75) is 0 Å². The maximum Gasteiger partial charge on any atom is 0.0916 e. The summed E-state index contributed by atoms with van der Waals surface area (Å²) in [4.78, 5) is 3.45. The Balaban J connectivity index is 1.61. The van der Waals surface area contributed by atoms with E-state index in [-0.39, 0.29) is 0 Å². The Hall–Kier alpha value is -1.56. The zero-order chi connectivity index (χ0) is 14.5. The number of rotatable bonds is 4. The van der Waals surface area contributed by atoms with Gasteiger partial charge in [0.25, 0.3) is 0 Å². The van der Waals surface area contributed by atoms with Gasteiger partial charge < -0.3 is 9.64 Å². The molecule has 0 radical (unpaired) electrons. The lowest BCUT2D eigenvalue weighted by molar-refractivity contribution is 0.123. The third-order valence-corrected chi connectivity index (χ3v) is 4.60. The van der Waals surface area contributed by atoms with E-state index in [1.807, 2.05) is 30.5 Å². The summed E-state index contributed by atoms with van der Waals surface area (Å²) in [6.07, 6.45) is 1.82. The van der Waals surface area contributed by atoms with E-state index in [4.69, 9.17) is 16.3 Å². The summed E-state index contributed by atoms with van der Waals surface area (Å²) in [7, 11) is 0. The molecule has 21 heavy (non-hydrogen) atoms. The molecule has 110 valence electrons. The van der Waals surface area contributed by atoms with Crippen molar-refractivity contribution in [1.82, 2.24) is 0 Å². The van der Waals surface area contributed by atoms with Crippen LogP contribution in [0.25, 0.3) is 0 Å². The predicted octanol–water partition coefficient (Wildman–Crippen LogP) is 3.68. The SMILES string of the molecule is Clc1ccccc1N/N=C\c1ccc(N2CCOCC2)s1. The number of hydrazone groups is 1. The first-order valence-corrected chi connectivity index (χ1v) is 7.98. The minimum atomic E-state index is 0.662. The molecule has 2 aromatic rings. The monoisotopic (exact) mass is 321 g/mol. The Morgan fingerprint density at radius 2 is 2.00 bits per heavy atom. The highest BCUT2D eigenvalue weighted by molar-refractivity contribution is 7.17. The number of thiophene rings is 1. The van der Waals surface area contributed by atoms with E-state index >= 15 is 0 Å². The molecule has 1 N–H and O–H groups in total. The number of benzene rings is 1. The van der Waals surface area contributed by atoms with Crippen molar-refractivity contribution < 1.29 is 4.74 Å². The van der Waals surface area contributed by atoms with Crippen LogP contribution in [-0.4, -0.2) is 32.5 Å². The molecule has 1 aliphatic heterocycles. The van der Waals surface area contributed by atoms with Gasteiger partial charge in [-0.1, -0.05) is 23.7 Å². The average molecular weight is 322 g/mol. The van der Waals surface area contributed by atoms with Gasteiger partial charge in [-0.2, -0.15) is 5.10 Å². The fourth-order valence-electron chi connectivity index (χ4n) is 2.08. The molecule has 0 atom stereocenters. The van der Waals surface area contributed by atoms with Crippen LogP contribution < -0.4 is 10.3 Å². The van der Waals surface area contributed by atoms with Gasteiger partial charge >= 0.3 is 0 Å². The molecule has 4 nitrogen and oxygen atoms in total. The second kappa shape index (κ2) is 6.93. The summed E-state index contributed by atoms with van der Waals surface area (Å²) < 4.78 is 5.37. The quantitative estimate of drug-likeness (QED) is 0.689. The second-order valence-corrected chi connectivity index (χ2v) is 6.13. The molecule has 6 heteroatoms. The molecule has 1 fully saturated rings. The van der Waals surface area contributed by atoms with Gasteiger partial charge in [-0.3, -0.25) is 5.43 Å². The molecular weight excluding hydrogens is 306 g/mol. The summed E-state index contributed by atoms with van der Waals surface area (Å²) >= 11 is 7.79. The van der Waals surface area contributed by atoms with Crippen LogP contribution >= 0.6 is 22.9 Å². The fraction of sp³-hybridized carbons (Fsp3) is 0.267. The minimum Gasteiger partial charge on any atom is -0.378 e. The zero-order valence-corrected chi connectivity index (χ0v) is 13.0. The van der Waals surface area contributed by atoms with Crippen LogP contribution in [0.4, 0.5) is 10.7 Å². The van der Waals surface area contributed by atoms with E-state index in [1.165, 1.54) is 5.00 Å². The Kier molecular flexibility index (Phi) is 4.75. The summed E-state index contributed by atoms with van der Waals surface area (Å²) in [5, 5.41) is 6.16. The highest BCUT2D eigenvalue weighted by atomic mass is 35.5. The summed E-state index contributed by atoms with van der Waals surface area (Å²) in [6.45, 7) is 3.51. The first-order chi connectivity index (χ1) is 10.3. The van der Waals surface area contributed by atoms with Gasteiger partial charge in [0.2, 0.25) is 0 Å². The molecule has 0 unspecified atom stereocenters. The van der Waals surface area contributed by atoms with Crippen LogP contribution in [0.5, 0.6) is 0 Å². The molecule has 1 aliphatic rings. The van der Waals surface area contributed by atoms with E-state index in [9.17, 15) is 0 Å². The maximum absolute atomic E-state index is 6.06. The van der Waals surface area contributed by atoms with Crippen molar-refractivity contribution >= 4 is 39.8 Å². The molecular formula is C15H16ClN3OS. The summed E-state index contributed by atoms with van der Waals surface area (Å²) in [6, 6.07) is 11.8. The van der Waals surface area contributed by atoms with Crippen molar-refractivity contribution in [1.29, 1.82) is 0 Å². The van der Waals surface area contributed by atoms with Gasteiger partial charge in [-0.15, -0.1) is 11.3 Å². The van der Waals surface area contributed by atoms with Crippen LogP contribution in [0.2, 0.25) is 5.02 Å². The van der Waals surface area contributed by atoms with Crippen LogP contribution in [0.1, 0.15) is 4.88 Å². The predicted molar refractivity (Wildman–Crippen MR) is 90.0 cm³/mol. The normalized spacial score (nSPS) is 15.6. The molecule has 0 saturated carbocycles. The third kappa shape index (κ3) is 3.75. The van der Waals surface area contributed by atoms with E-state index < -0.39 is 0 Å². The number of hydrogen-bond donors (Lipinski definition) is 1. The maximum atomic E-state index is 6.06. The van der Waals surface area contributed by atoms with Gasteiger partial charge in [0, 0.05) is 18.0 Å². The lowest BCUT2D eigenvalue weighted by Crippen LogP contribution is -2.35. The smallest absolute Gasteiger partial charge is 0.0916 e. The number of nitrogens with zero attached hydrogens (tertiary/aromatic N) is 2. The van der Waals surface area contributed by atoms with E-state index in [1.54, 1.807) is 11.3 Å². The molecule has 1 saturated heterocycles. The van der Waals surface area contributed by atoms with Crippen LogP contribution in [-0.2, 0) is 4.74 Å². The van der Waals surface area contributed by atoms with Gasteiger partial charge in [-0.05, 0) is 24.3 Å². The first kappa shape index (κ1) is 14.4. The van der Waals surface area contributed by atoms with Crippen molar-refractivity contribution in [2.75, 3.05) is 36.6 Å². The summed E-state index contributed by atoms with van der Waals surface area (Å²) in [5.74, 6) is 0. The van der Waals surface area contributed by atoms with Gasteiger partial charge in [0.05, 0.1) is 35.1 Å². The fourth-order valence-corrected chi connectivity index (χ4v) is 3.19. The Labute approximate surface area is 133 Å². The first-order valence-electron chi connectivity index (χ1n) is 6.79. The van der Waals surface area contributed by atoms with Crippen molar-refractivity contribution in [3.05, 3.63) is 46.3 Å². The van der Waals surface area contributed by atoms with Crippen LogP contribution in [0, 0.1) is 0 Å². The molecule has 1 aromatic carbocycles. The largest absolute Gasteiger partial charge is 0.378 e. The van der Waals surface area contributed by atoms with E-state index in [0.29, 0.717) is 5.02 Å². The number of para-hydroxylation sites is 1. The molecule has 0 spiro atoms. The molecule has 0 bridgehead atoms. The topological polar surface area (TPSA) is 36.9 Å². The van der Waals surface area contributed by atoms with Crippen LogP contribution in [0.15, 0.2) is 41.5 Å². The Morgan fingerprint density at radius 1 is 1.19 bits per heavy atom. The number of halogens is 1. The second-order valence-electron chi connectivity index (χ2n) is 4.63. The highest BCUT2D eigenvalue weighted by Gasteiger charge is 2.12. The molecule has 0 amide bonds. The molecule has 1 aromatic heterocycles. The van der Waals surface area contributed by atoms with Crippen LogP contribution in [0.3, 0.4) is 0 Å². The highest BCUT2D eigenvalue weighted by Crippen LogP contribution is 2.26. The molecule has 3 rings (SSSR count). The number of morpholine rings is 1. The number of nitrogens with one attached hydrogen (secondary N) is 1. The van der Waals surface area contributed by atoms with Gasteiger partial charge in [-0.25, -0.2) is 0 Å². The van der Waals surface area contributed by atoms with Crippen molar-refractivity contribution in [3.8, 4) is 0 Å². The number of ether oxygens (including phenoxy) is 1. The average Bonchev–Trinajstić information content (AvgIpc) is 2.99. The van der Waals surface area contributed by atoms with Crippen molar-refractivity contribution in [3.63, 3.8) is 0 Å². The zero-order valence-electron chi connectivity index (χ0n) is 11.5. The van der Waals surface area contributed by atoms with E-state index in [0.717, 1.165) is 36.9 Å². The number of hydrogen-bond acceptors (Lipinski definition) is 5. The Morgan fingerprint density at radius 3 is 2.81 bits per heavy atom. The van der Waals surface area contributed by atoms with Gasteiger partial charge in [0.15, 0.2) is 0 Å². The molecule has 2 heterocycles. The van der Waals surface area contributed by atoms with Crippen molar-refractivity contribution in [2.24, 2.45) is 5.10 Å². The number of anilines is 2. The molecule has 0 aliphatic carbocycles. The standard InChI is InChI=1S/C15H16ClN3OS/c16-13-3-1-2-4-14(13)18-17-11-12-5-6-15(21-12)19-7-9-20-10-8-19/h1-6,11,18H,7-10H2/b17-11-. The summed E-state index contributed by atoms with van der Waals surface area (Å²) in [5.41, 5.74) is 3.77. The lowest BCUT2D eigenvalue weighted by atomic mass is 10.3. The Bertz CT molecular complexity index is 623.